The maximum atomic E-state index is 12.6. The molecule has 2 N–H and O–H groups in total. The highest BCUT2D eigenvalue weighted by Gasteiger charge is 2.13. The maximum absolute atomic E-state index is 12.6. The zero-order chi connectivity index (χ0) is 20.5. The van der Waals surface area contributed by atoms with Crippen molar-refractivity contribution >= 4 is 38.8 Å². The van der Waals surface area contributed by atoms with Gasteiger partial charge in [-0.25, -0.2) is 4.98 Å². The fraction of sp³-hybridized carbons (Fsp3) is 0.136. The van der Waals surface area contributed by atoms with Gasteiger partial charge in [-0.1, -0.05) is 0 Å². The molecular formula is C22H19N5O2S. The van der Waals surface area contributed by atoms with E-state index in [9.17, 15) is 4.79 Å². The number of hydrogen-bond acceptors (Lipinski definition) is 5. The standard InChI is InChI=1S/C22H19N5O2S/c1-2-29-18-7-4-14(5-8-18)20-12-27-17(13-30-22(27)25-20)10-21(28)24-16-6-3-15-11-23-26-19(15)9-16/h3-9,11-13H,2,10H2,1H3,(H,23,26)(H,24,28). The molecule has 0 saturated heterocycles. The van der Waals surface area contributed by atoms with Crippen LogP contribution in [-0.4, -0.2) is 32.1 Å². The Labute approximate surface area is 176 Å². The highest BCUT2D eigenvalue weighted by molar-refractivity contribution is 7.15. The van der Waals surface area contributed by atoms with Crippen LogP contribution in [0.2, 0.25) is 0 Å². The summed E-state index contributed by atoms with van der Waals surface area (Å²) in [6.45, 7) is 2.60. The molecule has 0 fully saturated rings. The molecule has 3 aromatic heterocycles. The van der Waals surface area contributed by atoms with Gasteiger partial charge in [0, 0.05) is 33.9 Å². The van der Waals surface area contributed by atoms with Gasteiger partial charge in [0.2, 0.25) is 5.91 Å². The molecule has 5 aromatic rings. The van der Waals surface area contributed by atoms with Crippen LogP contribution in [0.15, 0.2) is 60.2 Å². The summed E-state index contributed by atoms with van der Waals surface area (Å²) in [5, 5.41) is 12.9. The normalized spacial score (nSPS) is 11.2. The number of fused-ring (bicyclic) bond motifs is 2. The number of ether oxygens (including phenoxy) is 1. The van der Waals surface area contributed by atoms with Crippen molar-refractivity contribution in [2.75, 3.05) is 11.9 Å². The molecule has 0 unspecified atom stereocenters. The monoisotopic (exact) mass is 417 g/mol. The molecule has 30 heavy (non-hydrogen) atoms. The van der Waals surface area contributed by atoms with Gasteiger partial charge in [0.15, 0.2) is 4.96 Å². The average molecular weight is 417 g/mol. The lowest BCUT2D eigenvalue weighted by atomic mass is 10.1. The van der Waals surface area contributed by atoms with Gasteiger partial charge in [0.25, 0.3) is 0 Å². The van der Waals surface area contributed by atoms with Crippen LogP contribution in [0.1, 0.15) is 12.6 Å². The average Bonchev–Trinajstić information content (AvgIpc) is 3.45. The van der Waals surface area contributed by atoms with Crippen molar-refractivity contribution in [2.45, 2.75) is 13.3 Å². The smallest absolute Gasteiger partial charge is 0.230 e. The second-order valence-corrected chi connectivity index (χ2v) is 7.70. The SMILES string of the molecule is CCOc1ccc(-c2cn3c(CC(=O)Nc4ccc5cn[nH]c5c4)csc3n2)cc1. The van der Waals surface area contributed by atoms with Crippen LogP contribution < -0.4 is 10.1 Å². The van der Waals surface area contributed by atoms with E-state index in [2.05, 4.69) is 15.5 Å². The van der Waals surface area contributed by atoms with Crippen molar-refractivity contribution < 1.29 is 9.53 Å². The van der Waals surface area contributed by atoms with Crippen LogP contribution in [0.5, 0.6) is 5.75 Å². The van der Waals surface area contributed by atoms with E-state index < -0.39 is 0 Å². The quantitative estimate of drug-likeness (QED) is 0.425. The molecule has 8 heteroatoms. The van der Waals surface area contributed by atoms with Crippen molar-refractivity contribution in [1.82, 2.24) is 19.6 Å². The second kappa shape index (κ2) is 7.64. The first-order chi connectivity index (χ1) is 14.7. The van der Waals surface area contributed by atoms with Crippen LogP contribution in [0.3, 0.4) is 0 Å². The molecule has 0 spiro atoms. The van der Waals surface area contributed by atoms with E-state index in [1.807, 2.05) is 65.4 Å². The Morgan fingerprint density at radius 1 is 1.23 bits per heavy atom. The van der Waals surface area contributed by atoms with Crippen LogP contribution >= 0.6 is 11.3 Å². The van der Waals surface area contributed by atoms with Crippen molar-refractivity contribution in [1.29, 1.82) is 0 Å². The highest BCUT2D eigenvalue weighted by atomic mass is 32.1. The van der Waals surface area contributed by atoms with E-state index in [0.717, 1.165) is 44.3 Å². The Hall–Kier alpha value is -3.65. The summed E-state index contributed by atoms with van der Waals surface area (Å²) in [7, 11) is 0. The molecular weight excluding hydrogens is 398 g/mol. The fourth-order valence-electron chi connectivity index (χ4n) is 3.37. The summed E-state index contributed by atoms with van der Waals surface area (Å²) in [5.41, 5.74) is 4.41. The predicted molar refractivity (Wildman–Crippen MR) is 118 cm³/mol. The minimum Gasteiger partial charge on any atom is -0.494 e. The lowest BCUT2D eigenvalue weighted by Gasteiger charge is -2.05. The summed E-state index contributed by atoms with van der Waals surface area (Å²) in [6.07, 6.45) is 3.99. The van der Waals surface area contributed by atoms with Gasteiger partial charge < -0.3 is 10.1 Å². The summed E-state index contributed by atoms with van der Waals surface area (Å²) >= 11 is 1.53. The number of H-pyrrole nitrogens is 1. The molecule has 2 aromatic carbocycles. The molecule has 5 rings (SSSR count). The summed E-state index contributed by atoms with van der Waals surface area (Å²) < 4.78 is 7.48. The number of rotatable bonds is 6. The molecule has 150 valence electrons. The van der Waals surface area contributed by atoms with Gasteiger partial charge in [0.1, 0.15) is 5.75 Å². The number of hydrogen-bond donors (Lipinski definition) is 2. The zero-order valence-corrected chi connectivity index (χ0v) is 17.1. The van der Waals surface area contributed by atoms with E-state index in [1.54, 1.807) is 6.20 Å². The number of nitrogens with zero attached hydrogens (tertiary/aromatic N) is 3. The van der Waals surface area contributed by atoms with Gasteiger partial charge in [0.05, 0.1) is 30.4 Å². The topological polar surface area (TPSA) is 84.3 Å². The Kier molecular flexibility index (Phi) is 4.68. The number of carbonyl (C=O) groups is 1. The van der Waals surface area contributed by atoms with Gasteiger partial charge in [-0.05, 0) is 49.4 Å². The molecule has 0 aliphatic heterocycles. The number of amides is 1. The van der Waals surface area contributed by atoms with Gasteiger partial charge in [-0.3, -0.25) is 14.3 Å². The van der Waals surface area contributed by atoms with Gasteiger partial charge >= 0.3 is 0 Å². The van der Waals surface area contributed by atoms with E-state index in [-0.39, 0.29) is 12.3 Å². The zero-order valence-electron chi connectivity index (χ0n) is 16.3. The molecule has 0 atom stereocenters. The molecule has 0 aliphatic rings. The third-order valence-corrected chi connectivity index (χ3v) is 5.70. The maximum Gasteiger partial charge on any atom is 0.230 e. The van der Waals surface area contributed by atoms with E-state index in [4.69, 9.17) is 9.72 Å². The van der Waals surface area contributed by atoms with Gasteiger partial charge in [-0.15, -0.1) is 11.3 Å². The van der Waals surface area contributed by atoms with Crippen LogP contribution in [0.4, 0.5) is 5.69 Å². The molecule has 0 bridgehead atoms. The predicted octanol–water partition coefficient (Wildman–Crippen LogP) is 4.52. The third kappa shape index (κ3) is 3.53. The number of anilines is 1. The van der Waals surface area contributed by atoms with Crippen molar-refractivity contribution in [3.8, 4) is 17.0 Å². The van der Waals surface area contributed by atoms with Crippen LogP contribution in [-0.2, 0) is 11.2 Å². The lowest BCUT2D eigenvalue weighted by molar-refractivity contribution is -0.115. The van der Waals surface area contributed by atoms with Crippen molar-refractivity contribution in [3.05, 3.63) is 65.9 Å². The number of nitrogens with one attached hydrogen (secondary N) is 2. The summed E-state index contributed by atoms with van der Waals surface area (Å²) in [6, 6.07) is 13.6. The molecule has 7 nitrogen and oxygen atoms in total. The highest BCUT2D eigenvalue weighted by Crippen LogP contribution is 2.26. The first-order valence-corrected chi connectivity index (χ1v) is 10.5. The largest absolute Gasteiger partial charge is 0.494 e. The second-order valence-electron chi connectivity index (χ2n) is 6.86. The Bertz CT molecular complexity index is 1330. The molecule has 0 radical (unpaired) electrons. The van der Waals surface area contributed by atoms with E-state index >= 15 is 0 Å². The van der Waals surface area contributed by atoms with Crippen molar-refractivity contribution in [3.63, 3.8) is 0 Å². The Morgan fingerprint density at radius 2 is 2.10 bits per heavy atom. The number of thiazole rings is 1. The van der Waals surface area contributed by atoms with Crippen LogP contribution in [0.25, 0.3) is 27.1 Å². The van der Waals surface area contributed by atoms with Crippen molar-refractivity contribution in [2.24, 2.45) is 0 Å². The molecule has 1 amide bonds. The van der Waals surface area contributed by atoms with Gasteiger partial charge in [-0.2, -0.15) is 5.10 Å². The molecule has 0 saturated carbocycles. The Balaban J connectivity index is 1.33. The number of imidazole rings is 1. The fourth-order valence-corrected chi connectivity index (χ4v) is 4.24. The number of aromatic nitrogens is 4. The summed E-state index contributed by atoms with van der Waals surface area (Å²) in [5.74, 6) is 0.762. The first-order valence-electron chi connectivity index (χ1n) is 9.61. The first kappa shape index (κ1) is 18.4. The minimum absolute atomic E-state index is 0.0788. The van der Waals surface area contributed by atoms with Crippen LogP contribution in [0, 0.1) is 0 Å². The van der Waals surface area contributed by atoms with E-state index in [1.165, 1.54) is 11.3 Å². The third-order valence-electron chi connectivity index (χ3n) is 4.81. The number of carbonyl (C=O) groups excluding carboxylic acids is 1. The molecule has 3 heterocycles. The number of aromatic amines is 1. The minimum atomic E-state index is -0.0788. The summed E-state index contributed by atoms with van der Waals surface area (Å²) in [4.78, 5) is 18.2. The number of benzene rings is 2. The Morgan fingerprint density at radius 3 is 2.93 bits per heavy atom. The van der Waals surface area contributed by atoms with E-state index in [0.29, 0.717) is 6.61 Å². The lowest BCUT2D eigenvalue weighted by Crippen LogP contribution is -2.15. The molecule has 0 aliphatic carbocycles.